The second-order valence-corrected chi connectivity index (χ2v) is 6.52. The Labute approximate surface area is 135 Å². The van der Waals surface area contributed by atoms with Crippen LogP contribution in [-0.4, -0.2) is 12.6 Å². The van der Waals surface area contributed by atoms with Crippen LogP contribution in [0.25, 0.3) is 0 Å². The van der Waals surface area contributed by atoms with Crippen LogP contribution >= 0.6 is 22.6 Å². The Bertz CT molecular complexity index is 533. The number of aryl methyl sites for hydroxylation is 1. The molecule has 0 aliphatic carbocycles. The third-order valence-corrected chi connectivity index (χ3v) is 4.17. The lowest BCUT2D eigenvalue weighted by molar-refractivity contribution is 0.521. The van der Waals surface area contributed by atoms with E-state index in [0.717, 1.165) is 19.4 Å². The molecule has 0 saturated carbocycles. The second kappa shape index (κ2) is 7.79. The van der Waals surface area contributed by atoms with Crippen molar-refractivity contribution in [1.29, 1.82) is 0 Å². The monoisotopic (exact) mass is 379 g/mol. The number of rotatable bonds is 6. The van der Waals surface area contributed by atoms with Crippen LogP contribution in [0, 0.1) is 10.5 Å². The maximum absolute atomic E-state index is 3.61. The van der Waals surface area contributed by atoms with Gasteiger partial charge < -0.3 is 5.32 Å². The third kappa shape index (κ3) is 4.91. The standard InChI is InChI=1S/C18H22IN/c1-3-20-18(12-15-7-9-17(19)10-8-15)13-16-6-4-5-14(2)11-16/h4-11,18,20H,3,12-13H2,1-2H3. The van der Waals surface area contributed by atoms with Crippen LogP contribution in [0.4, 0.5) is 0 Å². The van der Waals surface area contributed by atoms with Crippen molar-refractivity contribution in [2.24, 2.45) is 0 Å². The van der Waals surface area contributed by atoms with Crippen LogP contribution in [0.1, 0.15) is 23.6 Å². The summed E-state index contributed by atoms with van der Waals surface area (Å²) >= 11 is 2.35. The average molecular weight is 379 g/mol. The van der Waals surface area contributed by atoms with E-state index in [9.17, 15) is 0 Å². The summed E-state index contributed by atoms with van der Waals surface area (Å²) in [6.45, 7) is 5.35. The fourth-order valence-corrected chi connectivity index (χ4v) is 2.89. The zero-order valence-electron chi connectivity index (χ0n) is 12.2. The lowest BCUT2D eigenvalue weighted by Gasteiger charge is -2.18. The van der Waals surface area contributed by atoms with E-state index in [4.69, 9.17) is 0 Å². The molecule has 0 heterocycles. The second-order valence-electron chi connectivity index (χ2n) is 5.28. The van der Waals surface area contributed by atoms with Crippen molar-refractivity contribution in [3.05, 3.63) is 68.8 Å². The van der Waals surface area contributed by atoms with Crippen molar-refractivity contribution in [2.75, 3.05) is 6.54 Å². The van der Waals surface area contributed by atoms with Gasteiger partial charge in [-0.05, 0) is 72.2 Å². The molecule has 106 valence electrons. The van der Waals surface area contributed by atoms with Crippen molar-refractivity contribution in [2.45, 2.75) is 32.7 Å². The molecule has 1 N–H and O–H groups in total. The van der Waals surface area contributed by atoms with Crippen molar-refractivity contribution < 1.29 is 0 Å². The summed E-state index contributed by atoms with van der Waals surface area (Å²) in [7, 11) is 0. The number of benzene rings is 2. The first kappa shape index (κ1) is 15.5. The minimum Gasteiger partial charge on any atom is -0.314 e. The summed E-state index contributed by atoms with van der Waals surface area (Å²) < 4.78 is 1.30. The highest BCUT2D eigenvalue weighted by Gasteiger charge is 2.09. The molecule has 2 rings (SSSR count). The fourth-order valence-electron chi connectivity index (χ4n) is 2.53. The molecule has 1 atom stereocenters. The fraction of sp³-hybridized carbons (Fsp3) is 0.333. The molecule has 1 unspecified atom stereocenters. The van der Waals surface area contributed by atoms with Crippen LogP contribution in [0.15, 0.2) is 48.5 Å². The van der Waals surface area contributed by atoms with Gasteiger partial charge >= 0.3 is 0 Å². The molecular weight excluding hydrogens is 357 g/mol. The summed E-state index contributed by atoms with van der Waals surface area (Å²) in [6.07, 6.45) is 2.17. The van der Waals surface area contributed by atoms with Gasteiger partial charge in [0, 0.05) is 9.61 Å². The van der Waals surface area contributed by atoms with Crippen LogP contribution in [0.2, 0.25) is 0 Å². The van der Waals surface area contributed by atoms with Gasteiger partial charge in [-0.25, -0.2) is 0 Å². The number of hydrogen-bond acceptors (Lipinski definition) is 1. The summed E-state index contributed by atoms with van der Waals surface area (Å²) in [6, 6.07) is 18.2. The zero-order valence-corrected chi connectivity index (χ0v) is 14.4. The average Bonchev–Trinajstić information content (AvgIpc) is 2.42. The predicted molar refractivity (Wildman–Crippen MR) is 95.2 cm³/mol. The summed E-state index contributed by atoms with van der Waals surface area (Å²) in [5.41, 5.74) is 4.16. The lowest BCUT2D eigenvalue weighted by Crippen LogP contribution is -2.33. The molecule has 0 fully saturated rings. The lowest BCUT2D eigenvalue weighted by atomic mass is 9.98. The quantitative estimate of drug-likeness (QED) is 0.736. The summed E-state index contributed by atoms with van der Waals surface area (Å²) in [5, 5.41) is 3.61. The molecule has 0 spiro atoms. The Morgan fingerprint density at radius 3 is 2.35 bits per heavy atom. The van der Waals surface area contributed by atoms with E-state index < -0.39 is 0 Å². The van der Waals surface area contributed by atoms with E-state index in [1.165, 1.54) is 20.3 Å². The maximum Gasteiger partial charge on any atom is 0.0148 e. The van der Waals surface area contributed by atoms with Crippen molar-refractivity contribution in [3.8, 4) is 0 Å². The molecule has 2 aromatic rings. The Balaban J connectivity index is 2.05. The van der Waals surface area contributed by atoms with E-state index in [2.05, 4.69) is 90.3 Å². The van der Waals surface area contributed by atoms with Crippen molar-refractivity contribution in [3.63, 3.8) is 0 Å². The van der Waals surface area contributed by atoms with Gasteiger partial charge in [0.1, 0.15) is 0 Å². The molecule has 1 nitrogen and oxygen atoms in total. The van der Waals surface area contributed by atoms with Gasteiger partial charge in [0.2, 0.25) is 0 Å². The molecule has 0 aliphatic rings. The van der Waals surface area contributed by atoms with Gasteiger partial charge in [-0.2, -0.15) is 0 Å². The van der Waals surface area contributed by atoms with Crippen molar-refractivity contribution in [1.82, 2.24) is 5.32 Å². The maximum atomic E-state index is 3.61. The highest BCUT2D eigenvalue weighted by atomic mass is 127. The highest BCUT2D eigenvalue weighted by molar-refractivity contribution is 14.1. The van der Waals surface area contributed by atoms with Crippen LogP contribution in [0.5, 0.6) is 0 Å². The molecule has 0 bridgehead atoms. The van der Waals surface area contributed by atoms with Gasteiger partial charge in [-0.3, -0.25) is 0 Å². The zero-order chi connectivity index (χ0) is 14.4. The molecule has 2 heteroatoms. The molecular formula is C18H22IN. The summed E-state index contributed by atoms with van der Waals surface area (Å²) in [5.74, 6) is 0. The molecule has 0 amide bonds. The van der Waals surface area contributed by atoms with E-state index in [1.54, 1.807) is 0 Å². The Morgan fingerprint density at radius 1 is 1.00 bits per heavy atom. The van der Waals surface area contributed by atoms with Gasteiger partial charge in [-0.15, -0.1) is 0 Å². The first-order chi connectivity index (χ1) is 9.67. The van der Waals surface area contributed by atoms with Gasteiger partial charge in [0.25, 0.3) is 0 Å². The van der Waals surface area contributed by atoms with E-state index in [1.807, 2.05) is 0 Å². The van der Waals surface area contributed by atoms with Crippen LogP contribution < -0.4 is 5.32 Å². The van der Waals surface area contributed by atoms with E-state index in [0.29, 0.717) is 6.04 Å². The SMILES string of the molecule is CCNC(Cc1ccc(I)cc1)Cc1cccc(C)c1. The third-order valence-electron chi connectivity index (χ3n) is 3.45. The van der Waals surface area contributed by atoms with Gasteiger partial charge in [-0.1, -0.05) is 48.9 Å². The number of hydrogen-bond donors (Lipinski definition) is 1. The van der Waals surface area contributed by atoms with Gasteiger partial charge in [0.15, 0.2) is 0 Å². The minimum atomic E-state index is 0.502. The number of nitrogens with one attached hydrogen (secondary N) is 1. The molecule has 0 aromatic heterocycles. The van der Waals surface area contributed by atoms with E-state index >= 15 is 0 Å². The van der Waals surface area contributed by atoms with Crippen LogP contribution in [-0.2, 0) is 12.8 Å². The Kier molecular flexibility index (Phi) is 6.05. The smallest absolute Gasteiger partial charge is 0.0148 e. The first-order valence-electron chi connectivity index (χ1n) is 7.20. The molecule has 0 aliphatic heterocycles. The molecule has 20 heavy (non-hydrogen) atoms. The van der Waals surface area contributed by atoms with Crippen LogP contribution in [0.3, 0.4) is 0 Å². The van der Waals surface area contributed by atoms with E-state index in [-0.39, 0.29) is 0 Å². The first-order valence-corrected chi connectivity index (χ1v) is 8.28. The highest BCUT2D eigenvalue weighted by Crippen LogP contribution is 2.13. The van der Waals surface area contributed by atoms with Crippen molar-refractivity contribution >= 4 is 22.6 Å². The minimum absolute atomic E-state index is 0.502. The molecule has 0 radical (unpaired) electrons. The Morgan fingerprint density at radius 2 is 1.70 bits per heavy atom. The molecule has 2 aromatic carbocycles. The normalized spacial score (nSPS) is 12.3. The number of halogens is 1. The predicted octanol–water partition coefficient (Wildman–Crippen LogP) is 4.36. The molecule has 0 saturated heterocycles. The number of likely N-dealkylation sites (N-methyl/N-ethyl adjacent to an activating group) is 1. The Hall–Kier alpha value is -0.870. The summed E-state index contributed by atoms with van der Waals surface area (Å²) in [4.78, 5) is 0. The van der Waals surface area contributed by atoms with Gasteiger partial charge in [0.05, 0.1) is 0 Å². The largest absolute Gasteiger partial charge is 0.314 e. The topological polar surface area (TPSA) is 12.0 Å².